The van der Waals surface area contributed by atoms with Crippen LogP contribution in [0.25, 0.3) is 0 Å². The van der Waals surface area contributed by atoms with Gasteiger partial charge in [-0.25, -0.2) is 4.98 Å². The van der Waals surface area contributed by atoms with Crippen LogP contribution in [0.3, 0.4) is 0 Å². The fourth-order valence-electron chi connectivity index (χ4n) is 1.97. The van der Waals surface area contributed by atoms with E-state index in [1.807, 2.05) is 33.8 Å². The van der Waals surface area contributed by atoms with Crippen molar-refractivity contribution in [3.05, 3.63) is 23.9 Å². The van der Waals surface area contributed by atoms with E-state index < -0.39 is 5.60 Å². The van der Waals surface area contributed by atoms with Crippen molar-refractivity contribution >= 4 is 5.97 Å². The first kappa shape index (κ1) is 19.4. The van der Waals surface area contributed by atoms with Gasteiger partial charge in [0, 0.05) is 32.0 Å². The average molecular weight is 324 g/mol. The van der Waals surface area contributed by atoms with Gasteiger partial charge in [0.05, 0.1) is 19.6 Å². The van der Waals surface area contributed by atoms with Crippen molar-refractivity contribution in [1.82, 2.24) is 10.3 Å². The number of nitrogens with zero attached hydrogens (tertiary/aromatic N) is 1. The highest BCUT2D eigenvalue weighted by Crippen LogP contribution is 2.20. The molecule has 6 heteroatoms. The van der Waals surface area contributed by atoms with E-state index in [1.54, 1.807) is 26.5 Å². The highest BCUT2D eigenvalue weighted by atomic mass is 16.6. The van der Waals surface area contributed by atoms with Crippen LogP contribution in [-0.4, -0.2) is 43.4 Å². The van der Waals surface area contributed by atoms with Crippen LogP contribution in [0, 0.1) is 0 Å². The number of methoxy groups -OCH3 is 2. The minimum Gasteiger partial charge on any atom is -0.481 e. The standard InChI is InChI=1S/C17H28N2O4/c1-12(21-5)10-18-14(9-16(20)23-17(2,3)4)13-7-8-15(22-6)19-11-13/h7-8,11-12,14,18H,9-10H2,1-6H3. The zero-order valence-corrected chi connectivity index (χ0v) is 14.9. The van der Waals surface area contributed by atoms with Gasteiger partial charge >= 0.3 is 5.97 Å². The molecule has 23 heavy (non-hydrogen) atoms. The molecule has 1 aromatic rings. The molecule has 6 nitrogen and oxygen atoms in total. The Balaban J connectivity index is 2.80. The molecule has 0 aromatic carbocycles. The Kier molecular flexibility index (Phi) is 7.45. The lowest BCUT2D eigenvalue weighted by molar-refractivity contribution is -0.155. The SMILES string of the molecule is COc1ccc(C(CC(=O)OC(C)(C)C)NCC(C)OC)cn1. The Morgan fingerprint density at radius 2 is 2.00 bits per heavy atom. The number of nitrogens with one attached hydrogen (secondary N) is 1. The number of carbonyl (C=O) groups excluding carboxylic acids is 1. The van der Waals surface area contributed by atoms with Gasteiger partial charge in [-0.15, -0.1) is 0 Å². The normalized spacial score (nSPS) is 14.2. The quantitative estimate of drug-likeness (QED) is 0.741. The summed E-state index contributed by atoms with van der Waals surface area (Å²) in [7, 11) is 3.23. The Morgan fingerprint density at radius 3 is 2.48 bits per heavy atom. The Labute approximate surface area is 138 Å². The molecule has 0 amide bonds. The summed E-state index contributed by atoms with van der Waals surface area (Å²) in [6.45, 7) is 8.15. The van der Waals surface area contributed by atoms with Crippen LogP contribution in [0.5, 0.6) is 5.88 Å². The molecular weight excluding hydrogens is 296 g/mol. The number of hydrogen-bond acceptors (Lipinski definition) is 6. The van der Waals surface area contributed by atoms with Crippen molar-refractivity contribution in [2.45, 2.75) is 51.9 Å². The van der Waals surface area contributed by atoms with E-state index >= 15 is 0 Å². The first-order valence-electron chi connectivity index (χ1n) is 7.73. The first-order chi connectivity index (χ1) is 10.7. The van der Waals surface area contributed by atoms with Gasteiger partial charge in [0.25, 0.3) is 0 Å². The second-order valence-electron chi connectivity index (χ2n) is 6.43. The van der Waals surface area contributed by atoms with E-state index in [-0.39, 0.29) is 24.5 Å². The third-order valence-electron chi connectivity index (χ3n) is 3.22. The maximum Gasteiger partial charge on any atom is 0.308 e. The molecule has 0 aliphatic heterocycles. The van der Waals surface area contributed by atoms with E-state index in [9.17, 15) is 4.79 Å². The minimum atomic E-state index is -0.500. The number of ether oxygens (including phenoxy) is 3. The maximum atomic E-state index is 12.1. The summed E-state index contributed by atoms with van der Waals surface area (Å²) in [5.74, 6) is 0.283. The van der Waals surface area contributed by atoms with Crippen LogP contribution in [0.15, 0.2) is 18.3 Å². The fraction of sp³-hybridized carbons (Fsp3) is 0.647. The van der Waals surface area contributed by atoms with Gasteiger partial charge in [-0.2, -0.15) is 0 Å². The van der Waals surface area contributed by atoms with Crippen molar-refractivity contribution in [3.8, 4) is 5.88 Å². The van der Waals surface area contributed by atoms with Crippen molar-refractivity contribution in [2.75, 3.05) is 20.8 Å². The van der Waals surface area contributed by atoms with Gasteiger partial charge in [0.1, 0.15) is 5.60 Å². The van der Waals surface area contributed by atoms with Crippen LogP contribution in [0.1, 0.15) is 45.7 Å². The lowest BCUT2D eigenvalue weighted by atomic mass is 10.1. The second-order valence-corrected chi connectivity index (χ2v) is 6.43. The highest BCUT2D eigenvalue weighted by molar-refractivity contribution is 5.71. The second kappa shape index (κ2) is 8.84. The first-order valence-corrected chi connectivity index (χ1v) is 7.73. The minimum absolute atomic E-state index is 0.0438. The maximum absolute atomic E-state index is 12.1. The molecular formula is C17H28N2O4. The molecule has 0 aliphatic carbocycles. The van der Waals surface area contributed by atoms with Crippen LogP contribution in [-0.2, 0) is 14.3 Å². The monoisotopic (exact) mass is 324 g/mol. The summed E-state index contributed by atoms with van der Waals surface area (Å²) < 4.78 is 15.7. The molecule has 2 atom stereocenters. The van der Waals surface area contributed by atoms with Gasteiger partial charge in [-0.05, 0) is 33.3 Å². The van der Waals surface area contributed by atoms with E-state index in [0.29, 0.717) is 12.4 Å². The van der Waals surface area contributed by atoms with Crippen LogP contribution >= 0.6 is 0 Å². The fourth-order valence-corrected chi connectivity index (χ4v) is 1.97. The molecule has 0 fully saturated rings. The summed E-state index contributed by atoms with van der Waals surface area (Å²) in [4.78, 5) is 16.3. The Bertz CT molecular complexity index is 482. The molecule has 130 valence electrons. The van der Waals surface area contributed by atoms with Crippen molar-refractivity contribution < 1.29 is 19.0 Å². The third-order valence-corrected chi connectivity index (χ3v) is 3.22. The summed E-state index contributed by atoms with van der Waals surface area (Å²) in [6.07, 6.45) is 1.97. The van der Waals surface area contributed by atoms with Gasteiger partial charge < -0.3 is 19.5 Å². The van der Waals surface area contributed by atoms with Crippen molar-refractivity contribution in [2.24, 2.45) is 0 Å². The molecule has 0 aliphatic rings. The van der Waals surface area contributed by atoms with Gasteiger partial charge in [-0.1, -0.05) is 6.07 Å². The number of hydrogen-bond donors (Lipinski definition) is 1. The van der Waals surface area contributed by atoms with Crippen LogP contribution in [0.2, 0.25) is 0 Å². The molecule has 0 radical (unpaired) electrons. The molecule has 2 unspecified atom stereocenters. The van der Waals surface area contributed by atoms with E-state index in [2.05, 4.69) is 10.3 Å². The Hall–Kier alpha value is -1.66. The number of carbonyl (C=O) groups is 1. The molecule has 0 saturated carbocycles. The van der Waals surface area contributed by atoms with Crippen LogP contribution < -0.4 is 10.1 Å². The molecule has 1 heterocycles. The van der Waals surface area contributed by atoms with E-state index in [1.165, 1.54) is 0 Å². The lowest BCUT2D eigenvalue weighted by Gasteiger charge is -2.24. The molecule has 0 spiro atoms. The third kappa shape index (κ3) is 7.43. The van der Waals surface area contributed by atoms with E-state index in [4.69, 9.17) is 14.2 Å². The molecule has 1 rings (SSSR count). The van der Waals surface area contributed by atoms with Gasteiger partial charge in [0.2, 0.25) is 5.88 Å². The van der Waals surface area contributed by atoms with E-state index in [0.717, 1.165) is 5.56 Å². The predicted octanol–water partition coefficient (Wildman–Crippen LogP) is 2.49. The largest absolute Gasteiger partial charge is 0.481 e. The van der Waals surface area contributed by atoms with Crippen LogP contribution in [0.4, 0.5) is 0 Å². The smallest absolute Gasteiger partial charge is 0.308 e. The summed E-state index contributed by atoms with van der Waals surface area (Å²) >= 11 is 0. The number of rotatable bonds is 8. The summed E-state index contributed by atoms with van der Waals surface area (Å²) in [6, 6.07) is 3.48. The molecule has 1 N–H and O–H groups in total. The highest BCUT2D eigenvalue weighted by Gasteiger charge is 2.22. The molecule has 0 bridgehead atoms. The number of esters is 1. The predicted molar refractivity (Wildman–Crippen MR) is 88.5 cm³/mol. The van der Waals surface area contributed by atoms with Crippen molar-refractivity contribution in [3.63, 3.8) is 0 Å². The topological polar surface area (TPSA) is 69.7 Å². The van der Waals surface area contributed by atoms with Gasteiger partial charge in [-0.3, -0.25) is 4.79 Å². The summed E-state index contributed by atoms with van der Waals surface area (Å²) in [5, 5.41) is 3.33. The molecule has 1 aromatic heterocycles. The average Bonchev–Trinajstić information content (AvgIpc) is 2.49. The lowest BCUT2D eigenvalue weighted by Crippen LogP contribution is -2.33. The van der Waals surface area contributed by atoms with Crippen molar-refractivity contribution in [1.29, 1.82) is 0 Å². The number of aromatic nitrogens is 1. The number of pyridine rings is 1. The summed E-state index contributed by atoms with van der Waals surface area (Å²) in [5.41, 5.74) is 0.402. The zero-order valence-electron chi connectivity index (χ0n) is 14.9. The van der Waals surface area contributed by atoms with Gasteiger partial charge in [0.15, 0.2) is 0 Å². The zero-order chi connectivity index (χ0) is 17.5. The Morgan fingerprint density at radius 1 is 1.30 bits per heavy atom. The molecule has 0 saturated heterocycles.